The maximum atomic E-state index is 14.1. The number of likely N-dealkylation sites (N-methyl/N-ethyl adjacent to an activating group) is 1. The average Bonchev–Trinajstić information content (AvgIpc) is 2.77. The van der Waals surface area contributed by atoms with Crippen LogP contribution in [0.3, 0.4) is 0 Å². The molecule has 1 saturated heterocycles. The predicted molar refractivity (Wildman–Crippen MR) is 121 cm³/mol. The fourth-order valence-electron chi connectivity index (χ4n) is 4.01. The molecule has 0 radical (unpaired) electrons. The van der Waals surface area contributed by atoms with E-state index in [1.807, 2.05) is 61.5 Å². The number of para-hydroxylation sites is 1. The number of ether oxygens (including phenoxy) is 1. The molecule has 6 heteroatoms. The number of amides is 1. The minimum atomic E-state index is -0.148. The Hall–Kier alpha value is -2.44. The standard InChI is InChI=1S/C25H34FN3O2/c1-27(2)15-16-29(25(30)20-31-23-11-4-3-5-12-23)18-21-9-8-14-28(17-21)19-22-10-6-7-13-24(22)26/h3-7,10-13,21H,8-9,14-20H2,1-2H3/t21-/m0/s1. The third kappa shape index (κ3) is 7.64. The first-order valence-corrected chi connectivity index (χ1v) is 11.1. The fourth-order valence-corrected chi connectivity index (χ4v) is 4.01. The summed E-state index contributed by atoms with van der Waals surface area (Å²) in [5.74, 6) is 0.947. The van der Waals surface area contributed by atoms with Crippen molar-refractivity contribution in [1.29, 1.82) is 0 Å². The Morgan fingerprint density at radius 2 is 1.84 bits per heavy atom. The number of carbonyl (C=O) groups is 1. The summed E-state index contributed by atoms with van der Waals surface area (Å²) < 4.78 is 19.8. The summed E-state index contributed by atoms with van der Waals surface area (Å²) in [4.78, 5) is 19.3. The van der Waals surface area contributed by atoms with Crippen molar-refractivity contribution in [2.24, 2.45) is 5.92 Å². The normalized spacial score (nSPS) is 17.0. The van der Waals surface area contributed by atoms with Crippen molar-refractivity contribution in [3.05, 3.63) is 66.0 Å². The van der Waals surface area contributed by atoms with E-state index in [0.29, 0.717) is 31.3 Å². The van der Waals surface area contributed by atoms with Crippen LogP contribution in [0, 0.1) is 11.7 Å². The second-order valence-electron chi connectivity index (χ2n) is 8.58. The first-order valence-electron chi connectivity index (χ1n) is 11.1. The second kappa shape index (κ2) is 11.8. The molecule has 0 aliphatic carbocycles. The van der Waals surface area contributed by atoms with Gasteiger partial charge in [-0.05, 0) is 57.6 Å². The van der Waals surface area contributed by atoms with E-state index in [0.717, 1.165) is 38.0 Å². The molecule has 1 fully saturated rings. The molecule has 1 aliphatic rings. The zero-order valence-corrected chi connectivity index (χ0v) is 18.7. The van der Waals surface area contributed by atoms with E-state index >= 15 is 0 Å². The lowest BCUT2D eigenvalue weighted by Gasteiger charge is -2.36. The highest BCUT2D eigenvalue weighted by Crippen LogP contribution is 2.21. The van der Waals surface area contributed by atoms with Crippen LogP contribution in [0.1, 0.15) is 18.4 Å². The first kappa shape index (κ1) is 23.2. The molecule has 2 aromatic carbocycles. The van der Waals surface area contributed by atoms with E-state index in [1.165, 1.54) is 6.07 Å². The lowest BCUT2D eigenvalue weighted by atomic mass is 9.96. The molecule has 3 rings (SSSR count). The van der Waals surface area contributed by atoms with Crippen LogP contribution in [0.5, 0.6) is 5.75 Å². The fraction of sp³-hybridized carbons (Fsp3) is 0.480. The van der Waals surface area contributed by atoms with Gasteiger partial charge in [0.1, 0.15) is 11.6 Å². The Morgan fingerprint density at radius 3 is 2.58 bits per heavy atom. The molecule has 0 spiro atoms. The summed E-state index contributed by atoms with van der Waals surface area (Å²) >= 11 is 0. The van der Waals surface area contributed by atoms with Crippen molar-refractivity contribution in [3.8, 4) is 5.75 Å². The predicted octanol–water partition coefficient (Wildman–Crippen LogP) is 3.51. The van der Waals surface area contributed by atoms with Crippen LogP contribution in [-0.4, -0.2) is 74.0 Å². The molecule has 1 atom stereocenters. The molecule has 1 heterocycles. The van der Waals surface area contributed by atoms with Gasteiger partial charge < -0.3 is 14.5 Å². The monoisotopic (exact) mass is 427 g/mol. The van der Waals surface area contributed by atoms with Crippen LogP contribution in [0.4, 0.5) is 4.39 Å². The lowest BCUT2D eigenvalue weighted by Crippen LogP contribution is -2.46. The molecule has 0 N–H and O–H groups in total. The van der Waals surface area contributed by atoms with E-state index in [4.69, 9.17) is 4.74 Å². The summed E-state index contributed by atoms with van der Waals surface area (Å²) in [5, 5.41) is 0. The number of halogens is 1. The Labute approximate surface area is 185 Å². The first-order chi connectivity index (χ1) is 15.0. The topological polar surface area (TPSA) is 36.0 Å². The maximum Gasteiger partial charge on any atom is 0.260 e. The molecule has 31 heavy (non-hydrogen) atoms. The van der Waals surface area contributed by atoms with Gasteiger partial charge in [0.05, 0.1) is 0 Å². The van der Waals surface area contributed by atoms with Gasteiger partial charge in [-0.2, -0.15) is 0 Å². The third-order valence-corrected chi connectivity index (χ3v) is 5.71. The summed E-state index contributed by atoms with van der Waals surface area (Å²) in [6.07, 6.45) is 2.15. The molecule has 2 aromatic rings. The van der Waals surface area contributed by atoms with Crippen LogP contribution in [0.25, 0.3) is 0 Å². The number of piperidine rings is 1. The molecule has 0 unspecified atom stereocenters. The number of benzene rings is 2. The lowest BCUT2D eigenvalue weighted by molar-refractivity contribution is -0.134. The quantitative estimate of drug-likeness (QED) is 0.581. The number of likely N-dealkylation sites (tertiary alicyclic amines) is 1. The van der Waals surface area contributed by atoms with Crippen molar-refractivity contribution in [1.82, 2.24) is 14.7 Å². The van der Waals surface area contributed by atoms with Gasteiger partial charge in [-0.3, -0.25) is 9.69 Å². The highest BCUT2D eigenvalue weighted by Gasteiger charge is 2.25. The van der Waals surface area contributed by atoms with Crippen molar-refractivity contribution in [3.63, 3.8) is 0 Å². The zero-order valence-electron chi connectivity index (χ0n) is 18.7. The van der Waals surface area contributed by atoms with Gasteiger partial charge in [0.25, 0.3) is 5.91 Å². The minimum Gasteiger partial charge on any atom is -0.484 e. The Kier molecular flexibility index (Phi) is 8.85. The molecule has 5 nitrogen and oxygen atoms in total. The van der Waals surface area contributed by atoms with Crippen LogP contribution >= 0.6 is 0 Å². The van der Waals surface area contributed by atoms with Crippen LogP contribution < -0.4 is 4.74 Å². The Bertz CT molecular complexity index is 815. The van der Waals surface area contributed by atoms with Gasteiger partial charge in [-0.25, -0.2) is 4.39 Å². The number of hydrogen-bond donors (Lipinski definition) is 0. The SMILES string of the molecule is CN(C)CCN(C[C@H]1CCCN(Cc2ccccc2F)C1)C(=O)COc1ccccc1. The van der Waals surface area contributed by atoms with Crippen LogP contribution in [0.15, 0.2) is 54.6 Å². The van der Waals surface area contributed by atoms with E-state index < -0.39 is 0 Å². The van der Waals surface area contributed by atoms with Gasteiger partial charge in [0.2, 0.25) is 0 Å². The number of carbonyl (C=O) groups excluding carboxylic acids is 1. The molecule has 1 aliphatic heterocycles. The van der Waals surface area contributed by atoms with E-state index in [2.05, 4.69) is 9.80 Å². The Balaban J connectivity index is 1.57. The van der Waals surface area contributed by atoms with Crippen LogP contribution in [0.2, 0.25) is 0 Å². The Morgan fingerprint density at radius 1 is 1.10 bits per heavy atom. The molecule has 168 valence electrons. The number of hydrogen-bond acceptors (Lipinski definition) is 4. The van der Waals surface area contributed by atoms with E-state index in [9.17, 15) is 9.18 Å². The van der Waals surface area contributed by atoms with E-state index in [1.54, 1.807) is 6.07 Å². The average molecular weight is 428 g/mol. The van der Waals surface area contributed by atoms with Crippen molar-refractivity contribution in [2.45, 2.75) is 19.4 Å². The van der Waals surface area contributed by atoms with Gasteiger partial charge in [-0.1, -0.05) is 36.4 Å². The summed E-state index contributed by atoms with van der Waals surface area (Å²) in [7, 11) is 4.03. The number of rotatable bonds is 10. The minimum absolute atomic E-state index is 0.0110. The third-order valence-electron chi connectivity index (χ3n) is 5.71. The molecular weight excluding hydrogens is 393 g/mol. The van der Waals surface area contributed by atoms with Gasteiger partial charge in [0.15, 0.2) is 6.61 Å². The van der Waals surface area contributed by atoms with Crippen molar-refractivity contribution < 1.29 is 13.9 Å². The largest absolute Gasteiger partial charge is 0.484 e. The molecule has 0 saturated carbocycles. The second-order valence-corrected chi connectivity index (χ2v) is 8.58. The summed E-state index contributed by atoms with van der Waals surface area (Å²) in [6.45, 7) is 4.69. The van der Waals surface area contributed by atoms with Crippen LogP contribution in [-0.2, 0) is 11.3 Å². The summed E-state index contributed by atoms with van der Waals surface area (Å²) in [6, 6.07) is 16.4. The van der Waals surface area contributed by atoms with Gasteiger partial charge in [-0.15, -0.1) is 0 Å². The molecular formula is C25H34FN3O2. The van der Waals surface area contributed by atoms with Gasteiger partial charge in [0, 0.05) is 38.3 Å². The van der Waals surface area contributed by atoms with Gasteiger partial charge >= 0.3 is 0 Å². The number of nitrogens with zero attached hydrogens (tertiary/aromatic N) is 3. The highest BCUT2D eigenvalue weighted by molar-refractivity contribution is 5.77. The molecule has 0 aromatic heterocycles. The smallest absolute Gasteiger partial charge is 0.260 e. The highest BCUT2D eigenvalue weighted by atomic mass is 19.1. The van der Waals surface area contributed by atoms with Crippen molar-refractivity contribution >= 4 is 5.91 Å². The molecule has 1 amide bonds. The maximum absolute atomic E-state index is 14.1. The van der Waals surface area contributed by atoms with Crippen molar-refractivity contribution in [2.75, 3.05) is 53.4 Å². The summed E-state index contributed by atoms with van der Waals surface area (Å²) in [5.41, 5.74) is 0.736. The molecule has 0 bridgehead atoms. The van der Waals surface area contributed by atoms with E-state index in [-0.39, 0.29) is 18.3 Å². The zero-order chi connectivity index (χ0) is 22.1.